The Morgan fingerprint density at radius 2 is 1.89 bits per heavy atom. The number of hydrogen-bond acceptors (Lipinski definition) is 7. The van der Waals surface area contributed by atoms with Gasteiger partial charge in [0.05, 0.1) is 25.1 Å². The number of aryl methyl sites for hydroxylation is 1. The van der Waals surface area contributed by atoms with Crippen LogP contribution in [0, 0.1) is 6.92 Å². The highest BCUT2D eigenvalue weighted by Crippen LogP contribution is 2.33. The fraction of sp³-hybridized carbons (Fsp3) is 0.211. The Labute approximate surface area is 163 Å². The second kappa shape index (κ2) is 7.91. The smallest absolute Gasteiger partial charge is 0.265 e. The van der Waals surface area contributed by atoms with E-state index < -0.39 is 16.1 Å². The Hall–Kier alpha value is -3.04. The normalized spacial score (nSPS) is 12.4. The van der Waals surface area contributed by atoms with Gasteiger partial charge in [-0.3, -0.25) is 9.71 Å². The van der Waals surface area contributed by atoms with Crippen LogP contribution >= 0.6 is 0 Å². The Bertz CT molecular complexity index is 1100. The van der Waals surface area contributed by atoms with E-state index in [0.29, 0.717) is 22.4 Å². The van der Waals surface area contributed by atoms with Crippen molar-refractivity contribution in [3.05, 3.63) is 60.2 Å². The summed E-state index contributed by atoms with van der Waals surface area (Å²) in [5.74, 6) is 0.0464. The summed E-state index contributed by atoms with van der Waals surface area (Å²) in [6.45, 7) is 3.35. The van der Waals surface area contributed by atoms with Gasteiger partial charge in [-0.15, -0.1) is 0 Å². The second-order valence-electron chi connectivity index (χ2n) is 6.11. The summed E-state index contributed by atoms with van der Waals surface area (Å²) in [6, 6.07) is 8.65. The van der Waals surface area contributed by atoms with Crippen LogP contribution in [0.4, 0.5) is 5.82 Å². The van der Waals surface area contributed by atoms with Crippen molar-refractivity contribution in [3.8, 4) is 17.0 Å². The van der Waals surface area contributed by atoms with Gasteiger partial charge in [0, 0.05) is 18.0 Å². The van der Waals surface area contributed by atoms with Gasteiger partial charge in [0.1, 0.15) is 4.90 Å². The molecule has 0 saturated heterocycles. The highest BCUT2D eigenvalue weighted by atomic mass is 32.2. The molecule has 28 heavy (non-hydrogen) atoms. The number of sulfonamides is 1. The molecule has 2 N–H and O–H groups in total. The number of aromatic nitrogens is 3. The van der Waals surface area contributed by atoms with Crippen molar-refractivity contribution in [1.82, 2.24) is 15.0 Å². The molecular formula is C19H20N4O4S. The fourth-order valence-electron chi connectivity index (χ4n) is 2.77. The zero-order valence-corrected chi connectivity index (χ0v) is 16.4. The van der Waals surface area contributed by atoms with E-state index in [1.807, 2.05) is 0 Å². The summed E-state index contributed by atoms with van der Waals surface area (Å²) in [6.07, 6.45) is 3.42. The van der Waals surface area contributed by atoms with Crippen LogP contribution in [0.1, 0.15) is 24.3 Å². The zero-order chi connectivity index (χ0) is 20.3. The Kier molecular flexibility index (Phi) is 5.57. The number of benzene rings is 1. The average Bonchev–Trinajstić information content (AvgIpc) is 2.69. The monoisotopic (exact) mass is 400 g/mol. The lowest BCUT2D eigenvalue weighted by molar-refractivity contribution is 0.200. The molecule has 3 rings (SSSR count). The number of methoxy groups -OCH3 is 1. The number of nitrogens with zero attached hydrogens (tertiary/aromatic N) is 3. The SMILES string of the molecule is COc1nc(C)cnc1NS(=O)(=O)c1cnccc1-c1ccccc1C(C)O. The maximum atomic E-state index is 13.1. The first-order chi connectivity index (χ1) is 13.3. The summed E-state index contributed by atoms with van der Waals surface area (Å²) in [5, 5.41) is 10.1. The number of ether oxygens (including phenoxy) is 1. The van der Waals surface area contributed by atoms with Gasteiger partial charge in [-0.05, 0) is 31.0 Å². The van der Waals surface area contributed by atoms with Gasteiger partial charge in [0.25, 0.3) is 15.9 Å². The number of pyridine rings is 1. The van der Waals surface area contributed by atoms with Crippen molar-refractivity contribution in [3.63, 3.8) is 0 Å². The topological polar surface area (TPSA) is 114 Å². The van der Waals surface area contributed by atoms with E-state index in [1.165, 1.54) is 25.7 Å². The minimum Gasteiger partial charge on any atom is -0.478 e. The highest BCUT2D eigenvalue weighted by molar-refractivity contribution is 7.92. The summed E-state index contributed by atoms with van der Waals surface area (Å²) in [4.78, 5) is 12.1. The first-order valence-electron chi connectivity index (χ1n) is 8.45. The first-order valence-corrected chi connectivity index (χ1v) is 9.93. The molecule has 9 heteroatoms. The van der Waals surface area contributed by atoms with E-state index in [1.54, 1.807) is 44.2 Å². The number of anilines is 1. The van der Waals surface area contributed by atoms with Gasteiger partial charge < -0.3 is 9.84 Å². The lowest BCUT2D eigenvalue weighted by atomic mass is 9.97. The number of hydrogen-bond donors (Lipinski definition) is 2. The van der Waals surface area contributed by atoms with Crippen LogP contribution in [0.2, 0.25) is 0 Å². The number of rotatable bonds is 6. The highest BCUT2D eigenvalue weighted by Gasteiger charge is 2.24. The molecule has 2 heterocycles. The van der Waals surface area contributed by atoms with Gasteiger partial charge in [0.2, 0.25) is 5.82 Å². The van der Waals surface area contributed by atoms with E-state index in [4.69, 9.17) is 4.74 Å². The average molecular weight is 400 g/mol. The predicted octanol–water partition coefficient (Wildman–Crippen LogP) is 2.71. The van der Waals surface area contributed by atoms with Crippen molar-refractivity contribution >= 4 is 15.8 Å². The molecule has 2 aromatic heterocycles. The van der Waals surface area contributed by atoms with Crippen LogP contribution in [0.15, 0.2) is 53.8 Å². The van der Waals surface area contributed by atoms with Gasteiger partial charge >= 0.3 is 0 Å². The van der Waals surface area contributed by atoms with Crippen LogP contribution in [-0.4, -0.2) is 35.6 Å². The van der Waals surface area contributed by atoms with Crippen molar-refractivity contribution in [2.75, 3.05) is 11.8 Å². The Morgan fingerprint density at radius 3 is 2.61 bits per heavy atom. The van der Waals surface area contributed by atoms with Crippen LogP contribution in [0.25, 0.3) is 11.1 Å². The molecule has 8 nitrogen and oxygen atoms in total. The summed E-state index contributed by atoms with van der Waals surface area (Å²) in [7, 11) is -2.67. The van der Waals surface area contributed by atoms with E-state index in [0.717, 1.165) is 0 Å². The predicted molar refractivity (Wildman–Crippen MR) is 104 cm³/mol. The number of aliphatic hydroxyl groups is 1. The molecule has 0 aliphatic rings. The van der Waals surface area contributed by atoms with Gasteiger partial charge in [-0.2, -0.15) is 0 Å². The molecule has 146 valence electrons. The van der Waals surface area contributed by atoms with Crippen molar-refractivity contribution in [1.29, 1.82) is 0 Å². The number of aliphatic hydroxyl groups excluding tert-OH is 1. The first kappa shape index (κ1) is 19.7. The van der Waals surface area contributed by atoms with Gasteiger partial charge in [-0.1, -0.05) is 24.3 Å². The third-order valence-corrected chi connectivity index (χ3v) is 5.43. The minimum absolute atomic E-state index is 0.0216. The second-order valence-corrected chi connectivity index (χ2v) is 7.76. The van der Waals surface area contributed by atoms with E-state index in [9.17, 15) is 13.5 Å². The van der Waals surface area contributed by atoms with E-state index in [2.05, 4.69) is 19.7 Å². The quantitative estimate of drug-likeness (QED) is 0.654. The molecule has 3 aromatic rings. The largest absolute Gasteiger partial charge is 0.478 e. The molecule has 0 aliphatic heterocycles. The minimum atomic E-state index is -4.06. The molecule has 0 fully saturated rings. The Morgan fingerprint density at radius 1 is 1.14 bits per heavy atom. The molecule has 0 saturated carbocycles. The lowest BCUT2D eigenvalue weighted by Gasteiger charge is -2.16. The van der Waals surface area contributed by atoms with E-state index >= 15 is 0 Å². The van der Waals surface area contributed by atoms with Crippen LogP contribution < -0.4 is 9.46 Å². The maximum Gasteiger partial charge on any atom is 0.265 e. The maximum absolute atomic E-state index is 13.1. The van der Waals surface area contributed by atoms with Crippen molar-refractivity contribution in [2.45, 2.75) is 24.8 Å². The molecule has 0 bridgehead atoms. The molecule has 0 radical (unpaired) electrons. The molecule has 0 spiro atoms. The van der Waals surface area contributed by atoms with Crippen LogP contribution in [0.5, 0.6) is 5.88 Å². The van der Waals surface area contributed by atoms with Crippen LogP contribution in [-0.2, 0) is 10.0 Å². The van der Waals surface area contributed by atoms with E-state index in [-0.39, 0.29) is 16.6 Å². The molecule has 1 atom stereocenters. The summed E-state index contributed by atoms with van der Waals surface area (Å²) in [5.41, 5.74) is 2.21. The van der Waals surface area contributed by atoms with Crippen LogP contribution in [0.3, 0.4) is 0 Å². The fourth-order valence-corrected chi connectivity index (χ4v) is 3.94. The van der Waals surface area contributed by atoms with Crippen molar-refractivity contribution < 1.29 is 18.3 Å². The van der Waals surface area contributed by atoms with Gasteiger partial charge in [0.15, 0.2) is 0 Å². The van der Waals surface area contributed by atoms with Gasteiger partial charge in [-0.25, -0.2) is 18.4 Å². The third-order valence-electron chi connectivity index (χ3n) is 4.06. The zero-order valence-electron chi connectivity index (χ0n) is 15.6. The third kappa shape index (κ3) is 3.95. The molecule has 0 aliphatic carbocycles. The number of nitrogens with one attached hydrogen (secondary N) is 1. The molecule has 0 amide bonds. The summed E-state index contributed by atoms with van der Waals surface area (Å²) >= 11 is 0. The summed E-state index contributed by atoms with van der Waals surface area (Å²) < 4.78 is 33.7. The van der Waals surface area contributed by atoms with Crippen molar-refractivity contribution in [2.24, 2.45) is 0 Å². The molecule has 1 unspecified atom stereocenters. The lowest BCUT2D eigenvalue weighted by Crippen LogP contribution is -2.17. The molecule has 1 aromatic carbocycles. The standard InChI is InChI=1S/C19H20N4O4S/c1-12-10-21-18(19(22-12)27-3)23-28(25,26)17-11-20-9-8-16(17)15-7-5-4-6-14(15)13(2)24/h4-11,13,24H,1-3H3,(H,21,23). The Balaban J connectivity index is 2.11. The molecular weight excluding hydrogens is 380 g/mol.